The number of carbonyl (C=O) groups is 2. The van der Waals surface area contributed by atoms with Crippen LogP contribution < -0.4 is 5.32 Å². The highest BCUT2D eigenvalue weighted by atomic mass is 16.7. The minimum atomic E-state index is -1.01. The van der Waals surface area contributed by atoms with Crippen molar-refractivity contribution in [2.24, 2.45) is 29.1 Å². The quantitative estimate of drug-likeness (QED) is 0.317. The summed E-state index contributed by atoms with van der Waals surface area (Å²) in [5.74, 6) is -0.615. The van der Waals surface area contributed by atoms with Crippen molar-refractivity contribution < 1.29 is 24.0 Å². The van der Waals surface area contributed by atoms with E-state index in [9.17, 15) is 14.7 Å². The van der Waals surface area contributed by atoms with E-state index in [1.165, 1.54) is 0 Å². The van der Waals surface area contributed by atoms with Crippen molar-refractivity contribution in [1.29, 1.82) is 0 Å². The molecule has 4 fully saturated rings. The van der Waals surface area contributed by atoms with Gasteiger partial charge in [0.1, 0.15) is 5.69 Å². The molecular formula is C32H43BN2O5. The summed E-state index contributed by atoms with van der Waals surface area (Å²) in [6.07, 6.45) is 1.64. The molecule has 7 atom stereocenters. The number of carbonyl (C=O) groups excluding carboxylic acids is 2. The Balaban J connectivity index is 1.29. The lowest BCUT2D eigenvalue weighted by molar-refractivity contribution is -0.199. The maximum absolute atomic E-state index is 13.6. The second kappa shape index (κ2) is 11.0. The zero-order valence-electron chi connectivity index (χ0n) is 24.6. The van der Waals surface area contributed by atoms with Gasteiger partial charge in [-0.25, -0.2) is 4.98 Å². The molecule has 1 saturated heterocycles. The second-order valence-corrected chi connectivity index (χ2v) is 13.3. The van der Waals surface area contributed by atoms with Crippen LogP contribution >= 0.6 is 0 Å². The SMILES string of the molecule is CC(C)C[C@H](NC(=O)[C@@H](CC(=O)c1cccc(-c2ccccc2)n1)[C@@H](C)O)B1O[C@@H]2C[C@@H]3C[C@@H](C3(C)C)[C@]2(C)O1. The summed E-state index contributed by atoms with van der Waals surface area (Å²) in [5.41, 5.74) is 1.72. The molecule has 1 amide bonds. The van der Waals surface area contributed by atoms with Crippen LogP contribution in [0.4, 0.5) is 0 Å². The normalized spacial score (nSPS) is 28.8. The van der Waals surface area contributed by atoms with Gasteiger partial charge in [0.25, 0.3) is 0 Å². The number of hydrogen-bond donors (Lipinski definition) is 2. The van der Waals surface area contributed by atoms with E-state index in [1.54, 1.807) is 19.1 Å². The molecule has 40 heavy (non-hydrogen) atoms. The first kappa shape index (κ1) is 29.0. The van der Waals surface area contributed by atoms with E-state index in [-0.39, 0.29) is 52.8 Å². The molecule has 0 spiro atoms. The first-order valence-electron chi connectivity index (χ1n) is 14.8. The molecule has 1 aromatic heterocycles. The van der Waals surface area contributed by atoms with Gasteiger partial charge in [0, 0.05) is 12.0 Å². The summed E-state index contributed by atoms with van der Waals surface area (Å²) in [7, 11) is -0.564. The van der Waals surface area contributed by atoms with Gasteiger partial charge in [-0.05, 0) is 68.4 Å². The number of nitrogens with zero attached hydrogens (tertiary/aromatic N) is 1. The zero-order chi connectivity index (χ0) is 28.8. The van der Waals surface area contributed by atoms with Gasteiger partial charge in [-0.15, -0.1) is 0 Å². The summed E-state index contributed by atoms with van der Waals surface area (Å²) in [6, 6.07) is 14.9. The lowest BCUT2D eigenvalue weighted by Gasteiger charge is -2.64. The Hall–Kier alpha value is -2.55. The largest absolute Gasteiger partial charge is 0.481 e. The molecule has 2 heterocycles. The number of benzene rings is 1. The summed E-state index contributed by atoms with van der Waals surface area (Å²) in [4.78, 5) is 31.4. The number of ketones is 1. The fraction of sp³-hybridized carbons (Fsp3) is 0.594. The third kappa shape index (κ3) is 5.38. The van der Waals surface area contributed by atoms with E-state index in [4.69, 9.17) is 9.31 Å². The standard InChI is InChI=1S/C32H43BN2O5/c1-19(2)15-29(33-39-28-17-22-16-27(31(22,4)5)32(28,6)40-33)35-30(38)23(20(3)36)18-26(37)25-14-10-13-24(34-25)21-11-8-7-9-12-21/h7-14,19-20,22-23,27-29,36H,15-18H2,1-6H3,(H,35,38)/t20-,22+,23+,27+,28-,29+,32+/m1/s1. The van der Waals surface area contributed by atoms with Crippen LogP contribution in [0, 0.1) is 29.1 Å². The van der Waals surface area contributed by atoms with Gasteiger partial charge < -0.3 is 19.7 Å². The fourth-order valence-electron chi connectivity index (χ4n) is 7.25. The Morgan fingerprint density at radius 1 is 1.07 bits per heavy atom. The number of aliphatic hydroxyl groups excluding tert-OH is 1. The van der Waals surface area contributed by atoms with Crippen molar-refractivity contribution in [3.8, 4) is 11.3 Å². The average Bonchev–Trinajstić information content (AvgIpc) is 3.28. The van der Waals surface area contributed by atoms with Crippen molar-refractivity contribution in [3.63, 3.8) is 0 Å². The summed E-state index contributed by atoms with van der Waals surface area (Å²) < 4.78 is 13.2. The highest BCUT2D eigenvalue weighted by Gasteiger charge is 2.68. The first-order chi connectivity index (χ1) is 18.9. The van der Waals surface area contributed by atoms with Gasteiger partial charge >= 0.3 is 7.12 Å². The molecule has 214 valence electrons. The van der Waals surface area contributed by atoms with Crippen LogP contribution in [0.3, 0.4) is 0 Å². The molecule has 4 aliphatic rings. The second-order valence-electron chi connectivity index (χ2n) is 13.3. The van der Waals surface area contributed by atoms with E-state index in [1.807, 2.05) is 36.4 Å². The number of amides is 1. The molecule has 2 bridgehead atoms. The van der Waals surface area contributed by atoms with E-state index in [0.29, 0.717) is 24.0 Å². The maximum Gasteiger partial charge on any atom is 0.481 e. The van der Waals surface area contributed by atoms with Crippen molar-refractivity contribution >= 4 is 18.8 Å². The van der Waals surface area contributed by atoms with Crippen LogP contribution in [0.5, 0.6) is 0 Å². The lowest BCUT2D eigenvalue weighted by Crippen LogP contribution is -2.65. The minimum Gasteiger partial charge on any atom is -0.404 e. The number of Topliss-reactive ketones (excluding diaryl/α,β-unsaturated/α-hetero) is 1. The lowest BCUT2D eigenvalue weighted by atomic mass is 9.43. The van der Waals surface area contributed by atoms with Crippen molar-refractivity contribution in [2.75, 3.05) is 0 Å². The fourth-order valence-corrected chi connectivity index (χ4v) is 7.25. The highest BCUT2D eigenvalue weighted by Crippen LogP contribution is 2.65. The van der Waals surface area contributed by atoms with Crippen LogP contribution in [0.2, 0.25) is 0 Å². The van der Waals surface area contributed by atoms with E-state index >= 15 is 0 Å². The number of aliphatic hydroxyl groups is 1. The Morgan fingerprint density at radius 2 is 1.80 bits per heavy atom. The third-order valence-electron chi connectivity index (χ3n) is 9.78. The van der Waals surface area contributed by atoms with E-state index in [2.05, 4.69) is 44.9 Å². The predicted molar refractivity (Wildman–Crippen MR) is 155 cm³/mol. The Labute approximate surface area is 238 Å². The number of pyridine rings is 1. The molecule has 2 aromatic rings. The first-order valence-corrected chi connectivity index (χ1v) is 14.8. The molecule has 0 unspecified atom stereocenters. The summed E-state index contributed by atoms with van der Waals surface area (Å²) in [5, 5.41) is 13.7. The van der Waals surface area contributed by atoms with Crippen molar-refractivity contribution in [2.45, 2.75) is 91.0 Å². The van der Waals surface area contributed by atoms with Crippen molar-refractivity contribution in [1.82, 2.24) is 10.3 Å². The third-order valence-corrected chi connectivity index (χ3v) is 9.78. The Kier molecular flexibility index (Phi) is 7.99. The average molecular weight is 547 g/mol. The van der Waals surface area contributed by atoms with Gasteiger partial charge in [0.15, 0.2) is 5.78 Å². The monoisotopic (exact) mass is 546 g/mol. The molecule has 8 heteroatoms. The van der Waals surface area contributed by atoms with Crippen LogP contribution in [0.25, 0.3) is 11.3 Å². The Morgan fingerprint density at radius 3 is 2.45 bits per heavy atom. The molecule has 3 saturated carbocycles. The molecule has 1 aromatic carbocycles. The topological polar surface area (TPSA) is 97.8 Å². The van der Waals surface area contributed by atoms with Gasteiger partial charge in [0.2, 0.25) is 5.91 Å². The minimum absolute atomic E-state index is 0.0120. The van der Waals surface area contributed by atoms with Crippen LogP contribution in [0.1, 0.15) is 77.7 Å². The van der Waals surface area contributed by atoms with Crippen molar-refractivity contribution in [3.05, 3.63) is 54.2 Å². The van der Waals surface area contributed by atoms with Gasteiger partial charge in [-0.3, -0.25) is 9.59 Å². The van der Waals surface area contributed by atoms with E-state index in [0.717, 1.165) is 18.4 Å². The molecule has 2 N–H and O–H groups in total. The van der Waals surface area contributed by atoms with Crippen LogP contribution in [-0.2, 0) is 14.1 Å². The molecule has 6 rings (SSSR count). The van der Waals surface area contributed by atoms with Crippen LogP contribution in [-0.4, -0.2) is 52.6 Å². The molecule has 3 aliphatic carbocycles. The summed E-state index contributed by atoms with van der Waals surface area (Å²) in [6.45, 7) is 12.6. The van der Waals surface area contributed by atoms with Crippen LogP contribution in [0.15, 0.2) is 48.5 Å². The predicted octanol–water partition coefficient (Wildman–Crippen LogP) is 5.12. The number of rotatable bonds is 10. The summed E-state index contributed by atoms with van der Waals surface area (Å²) >= 11 is 0. The van der Waals surface area contributed by atoms with E-state index < -0.39 is 19.1 Å². The molecule has 7 nitrogen and oxygen atoms in total. The number of hydrogen-bond acceptors (Lipinski definition) is 6. The maximum atomic E-state index is 13.6. The smallest absolute Gasteiger partial charge is 0.404 e. The molecular weight excluding hydrogens is 503 g/mol. The number of nitrogens with one attached hydrogen (secondary N) is 1. The van der Waals surface area contributed by atoms with Gasteiger partial charge in [0.05, 0.1) is 35.4 Å². The van der Waals surface area contributed by atoms with Gasteiger partial charge in [-0.1, -0.05) is 64.1 Å². The molecule has 1 aliphatic heterocycles. The van der Waals surface area contributed by atoms with Gasteiger partial charge in [-0.2, -0.15) is 0 Å². The highest BCUT2D eigenvalue weighted by molar-refractivity contribution is 6.47. The Bertz CT molecular complexity index is 1230. The molecule has 0 radical (unpaired) electrons. The number of aromatic nitrogens is 1. The zero-order valence-corrected chi connectivity index (χ0v) is 24.6.